The van der Waals surface area contributed by atoms with Gasteiger partial charge in [0.25, 0.3) is 0 Å². The van der Waals surface area contributed by atoms with E-state index < -0.39 is 0 Å². The van der Waals surface area contributed by atoms with Crippen molar-refractivity contribution in [3.8, 4) is 11.5 Å². The summed E-state index contributed by atoms with van der Waals surface area (Å²) in [6.45, 7) is 4.43. The lowest BCUT2D eigenvalue weighted by molar-refractivity contribution is 0.151. The number of phenols is 1. The van der Waals surface area contributed by atoms with E-state index in [9.17, 15) is 10.2 Å². The molecule has 1 aromatic rings. The molecule has 0 saturated heterocycles. The van der Waals surface area contributed by atoms with Gasteiger partial charge in [-0.3, -0.25) is 0 Å². The van der Waals surface area contributed by atoms with Crippen molar-refractivity contribution in [3.05, 3.63) is 23.3 Å². The SMILES string of the molecule is CCCC[C@@H]1c2cc(O)c(CCC)cc2O[C@H]1CCO. The Labute approximate surface area is 121 Å². The standard InChI is InChI=1S/C17H26O3/c1-3-5-7-13-14-11-15(19)12(6-4-2)10-17(14)20-16(13)8-9-18/h10-11,13,16,18-19H,3-9H2,1-2H3/t13-,16+/m1/s1. The Morgan fingerprint density at radius 1 is 1.15 bits per heavy atom. The number of rotatable bonds is 7. The Bertz CT molecular complexity index is 442. The molecule has 0 saturated carbocycles. The fourth-order valence-corrected chi connectivity index (χ4v) is 3.09. The van der Waals surface area contributed by atoms with E-state index in [1.807, 2.05) is 12.1 Å². The second-order valence-electron chi connectivity index (χ2n) is 5.69. The van der Waals surface area contributed by atoms with Gasteiger partial charge in [-0.2, -0.15) is 0 Å². The van der Waals surface area contributed by atoms with Gasteiger partial charge in [-0.1, -0.05) is 33.1 Å². The van der Waals surface area contributed by atoms with Gasteiger partial charge in [-0.05, 0) is 30.5 Å². The molecule has 0 unspecified atom stereocenters. The minimum absolute atomic E-state index is 0.0535. The first-order valence-corrected chi connectivity index (χ1v) is 7.84. The third-order valence-corrected chi connectivity index (χ3v) is 4.14. The zero-order chi connectivity index (χ0) is 14.5. The van der Waals surface area contributed by atoms with Gasteiger partial charge in [0.15, 0.2) is 0 Å². The van der Waals surface area contributed by atoms with E-state index in [-0.39, 0.29) is 12.7 Å². The number of aromatic hydroxyl groups is 1. The zero-order valence-electron chi connectivity index (χ0n) is 12.6. The van der Waals surface area contributed by atoms with Crippen LogP contribution < -0.4 is 4.74 Å². The molecule has 1 aliphatic rings. The van der Waals surface area contributed by atoms with Crippen molar-refractivity contribution < 1.29 is 14.9 Å². The predicted molar refractivity (Wildman–Crippen MR) is 80.5 cm³/mol. The predicted octanol–water partition coefficient (Wildman–Crippen LogP) is 3.76. The topological polar surface area (TPSA) is 49.7 Å². The van der Waals surface area contributed by atoms with E-state index in [2.05, 4.69) is 13.8 Å². The summed E-state index contributed by atoms with van der Waals surface area (Å²) in [4.78, 5) is 0. The number of phenolic OH excluding ortho intramolecular Hbond substituents is 1. The molecule has 3 heteroatoms. The Morgan fingerprint density at radius 2 is 1.95 bits per heavy atom. The third kappa shape index (κ3) is 3.09. The van der Waals surface area contributed by atoms with Gasteiger partial charge in [0.1, 0.15) is 17.6 Å². The summed E-state index contributed by atoms with van der Waals surface area (Å²) >= 11 is 0. The maximum Gasteiger partial charge on any atom is 0.123 e. The molecular weight excluding hydrogens is 252 g/mol. The smallest absolute Gasteiger partial charge is 0.123 e. The van der Waals surface area contributed by atoms with Gasteiger partial charge in [0.05, 0.1) is 0 Å². The molecule has 1 aromatic carbocycles. The number of aryl methyl sites for hydroxylation is 1. The van der Waals surface area contributed by atoms with Crippen molar-refractivity contribution in [3.63, 3.8) is 0 Å². The molecule has 1 heterocycles. The molecule has 0 radical (unpaired) electrons. The van der Waals surface area contributed by atoms with E-state index in [1.54, 1.807) is 0 Å². The molecule has 0 aliphatic carbocycles. The van der Waals surface area contributed by atoms with Gasteiger partial charge in [0, 0.05) is 24.5 Å². The number of unbranched alkanes of at least 4 members (excludes halogenated alkanes) is 1. The monoisotopic (exact) mass is 278 g/mol. The van der Waals surface area contributed by atoms with Gasteiger partial charge >= 0.3 is 0 Å². The lowest BCUT2D eigenvalue weighted by Crippen LogP contribution is -2.20. The number of aliphatic hydroxyl groups excluding tert-OH is 1. The molecule has 0 bridgehead atoms. The molecule has 2 rings (SSSR count). The maximum absolute atomic E-state index is 10.2. The second-order valence-corrected chi connectivity index (χ2v) is 5.69. The fourth-order valence-electron chi connectivity index (χ4n) is 3.09. The molecule has 2 atom stereocenters. The largest absolute Gasteiger partial charge is 0.508 e. The van der Waals surface area contributed by atoms with Gasteiger partial charge in [0.2, 0.25) is 0 Å². The summed E-state index contributed by atoms with van der Waals surface area (Å²) in [6.07, 6.45) is 5.94. The number of fused-ring (bicyclic) bond motifs is 1. The molecular formula is C17H26O3. The second kappa shape index (κ2) is 6.98. The minimum Gasteiger partial charge on any atom is -0.508 e. The minimum atomic E-state index is 0.0535. The Balaban J connectivity index is 2.27. The van der Waals surface area contributed by atoms with E-state index >= 15 is 0 Å². The normalized spacial score (nSPS) is 20.8. The van der Waals surface area contributed by atoms with Crippen LogP contribution in [-0.4, -0.2) is 22.9 Å². The van der Waals surface area contributed by atoms with Crippen LogP contribution in [0.15, 0.2) is 12.1 Å². The Hall–Kier alpha value is -1.22. The quantitative estimate of drug-likeness (QED) is 0.798. The van der Waals surface area contributed by atoms with Crippen LogP contribution in [-0.2, 0) is 6.42 Å². The summed E-state index contributed by atoms with van der Waals surface area (Å²) in [5.41, 5.74) is 2.08. The zero-order valence-corrected chi connectivity index (χ0v) is 12.6. The van der Waals surface area contributed by atoms with Gasteiger partial charge < -0.3 is 14.9 Å². The number of ether oxygens (including phenoxy) is 1. The lowest BCUT2D eigenvalue weighted by atomic mass is 9.88. The van der Waals surface area contributed by atoms with E-state index in [4.69, 9.17) is 4.74 Å². The van der Waals surface area contributed by atoms with Crippen LogP contribution in [0.25, 0.3) is 0 Å². The van der Waals surface area contributed by atoms with Gasteiger partial charge in [-0.25, -0.2) is 0 Å². The first-order chi connectivity index (χ1) is 9.71. The number of hydrogen-bond donors (Lipinski definition) is 2. The highest BCUT2D eigenvalue weighted by Gasteiger charge is 2.34. The average Bonchev–Trinajstić information content (AvgIpc) is 2.74. The van der Waals surface area contributed by atoms with Crippen molar-refractivity contribution in [2.24, 2.45) is 0 Å². The molecule has 2 N–H and O–H groups in total. The lowest BCUT2D eigenvalue weighted by Gasteiger charge is -2.17. The van der Waals surface area contributed by atoms with Crippen molar-refractivity contribution in [2.45, 2.75) is 64.4 Å². The highest BCUT2D eigenvalue weighted by Crippen LogP contribution is 2.45. The molecule has 1 aliphatic heterocycles. The van der Waals surface area contributed by atoms with Crippen LogP contribution >= 0.6 is 0 Å². The molecule has 20 heavy (non-hydrogen) atoms. The van der Waals surface area contributed by atoms with Crippen LogP contribution in [0, 0.1) is 0 Å². The summed E-state index contributed by atoms with van der Waals surface area (Å²) < 4.78 is 6.03. The third-order valence-electron chi connectivity index (χ3n) is 4.14. The summed E-state index contributed by atoms with van der Waals surface area (Å²) in [6, 6.07) is 3.88. The maximum atomic E-state index is 10.2. The van der Waals surface area contributed by atoms with Crippen LogP contribution in [0.4, 0.5) is 0 Å². The molecule has 0 fully saturated rings. The highest BCUT2D eigenvalue weighted by molar-refractivity contribution is 5.50. The molecule has 0 aromatic heterocycles. The summed E-state index contributed by atoms with van der Waals surface area (Å²) in [5.74, 6) is 1.60. The molecule has 0 spiro atoms. The number of aliphatic hydroxyl groups is 1. The van der Waals surface area contributed by atoms with E-state index in [1.165, 1.54) is 0 Å². The van der Waals surface area contributed by atoms with Crippen molar-refractivity contribution in [1.82, 2.24) is 0 Å². The van der Waals surface area contributed by atoms with Crippen molar-refractivity contribution in [2.75, 3.05) is 6.61 Å². The van der Waals surface area contributed by atoms with Crippen molar-refractivity contribution in [1.29, 1.82) is 0 Å². The summed E-state index contributed by atoms with van der Waals surface area (Å²) in [5, 5.41) is 19.4. The first kappa shape index (κ1) is 15.2. The molecule has 112 valence electrons. The van der Waals surface area contributed by atoms with Crippen LogP contribution in [0.5, 0.6) is 11.5 Å². The van der Waals surface area contributed by atoms with Crippen LogP contribution in [0.2, 0.25) is 0 Å². The summed E-state index contributed by atoms with van der Waals surface area (Å²) in [7, 11) is 0. The van der Waals surface area contributed by atoms with E-state index in [0.29, 0.717) is 18.1 Å². The number of benzene rings is 1. The average molecular weight is 278 g/mol. The molecule has 0 amide bonds. The Morgan fingerprint density at radius 3 is 2.60 bits per heavy atom. The Kier molecular flexibility index (Phi) is 5.30. The van der Waals surface area contributed by atoms with Crippen molar-refractivity contribution >= 4 is 0 Å². The van der Waals surface area contributed by atoms with E-state index in [0.717, 1.165) is 49.0 Å². The van der Waals surface area contributed by atoms with Crippen LogP contribution in [0.1, 0.15) is 63.0 Å². The highest BCUT2D eigenvalue weighted by atomic mass is 16.5. The molecule has 3 nitrogen and oxygen atoms in total. The number of hydrogen-bond acceptors (Lipinski definition) is 3. The first-order valence-electron chi connectivity index (χ1n) is 7.84. The van der Waals surface area contributed by atoms with Crippen LogP contribution in [0.3, 0.4) is 0 Å². The fraction of sp³-hybridized carbons (Fsp3) is 0.647. The van der Waals surface area contributed by atoms with Gasteiger partial charge in [-0.15, -0.1) is 0 Å².